The Labute approximate surface area is 447 Å². The number of amides is 8. The summed E-state index contributed by atoms with van der Waals surface area (Å²) < 4.78 is 0.436. The Bertz CT molecular complexity index is 2510. The lowest BCUT2D eigenvalue weighted by molar-refractivity contribution is -0.145. The van der Waals surface area contributed by atoms with Gasteiger partial charge in [0.15, 0.2) is 5.96 Å². The molecule has 26 heteroatoms. The third-order valence-electron chi connectivity index (χ3n) is 12.2. The van der Waals surface area contributed by atoms with Crippen LogP contribution in [0, 0.1) is 15.4 Å². The number of benzene rings is 2. The van der Waals surface area contributed by atoms with Gasteiger partial charge in [0.2, 0.25) is 47.3 Å². The fourth-order valence-corrected chi connectivity index (χ4v) is 8.80. The number of aromatic amines is 1. The monoisotopic (exact) mass is 1160 g/mol. The first-order valence-electron chi connectivity index (χ1n) is 24.4. The number of carboxylic acids is 1. The van der Waals surface area contributed by atoms with Crippen molar-refractivity contribution in [1.29, 1.82) is 0 Å². The molecule has 0 saturated carbocycles. The van der Waals surface area contributed by atoms with Crippen LogP contribution in [0.2, 0.25) is 0 Å². The molecule has 2 aromatic carbocycles. The summed E-state index contributed by atoms with van der Waals surface area (Å²) in [7, 11) is 0. The molecule has 1 aliphatic heterocycles. The zero-order valence-electron chi connectivity index (χ0n) is 42.2. The molecule has 17 N–H and O–H groups in total. The quantitative estimate of drug-likeness (QED) is 0.0167. The first-order valence-corrected chi connectivity index (χ1v) is 25.5. The average molecular weight is 1160 g/mol. The number of aliphatic carboxylic acids is 1. The number of phenols is 1. The van der Waals surface area contributed by atoms with Gasteiger partial charge in [-0.05, 0) is 83.4 Å². The fourth-order valence-electron chi connectivity index (χ4n) is 8.22. The lowest BCUT2D eigenvalue weighted by Crippen LogP contribution is -2.62. The van der Waals surface area contributed by atoms with Gasteiger partial charge in [-0.15, -0.1) is 0 Å². The Hall–Kier alpha value is -7.36. The molecule has 0 radical (unpaired) electrons. The molecule has 0 spiro atoms. The van der Waals surface area contributed by atoms with Crippen molar-refractivity contribution < 1.29 is 53.4 Å². The van der Waals surface area contributed by atoms with Gasteiger partial charge in [-0.1, -0.05) is 64.1 Å². The van der Waals surface area contributed by atoms with E-state index in [1.165, 1.54) is 23.5 Å². The van der Waals surface area contributed by atoms with Gasteiger partial charge in [-0.25, -0.2) is 9.78 Å². The number of likely N-dealkylation sites (tertiary alicyclic amines) is 1. The summed E-state index contributed by atoms with van der Waals surface area (Å²) in [5.74, 6) is -9.02. The predicted octanol–water partition coefficient (Wildman–Crippen LogP) is -1.70. The summed E-state index contributed by atoms with van der Waals surface area (Å²) >= 11 is 1.90. The van der Waals surface area contributed by atoms with Crippen LogP contribution in [0.5, 0.6) is 5.75 Å². The molecule has 0 bridgehead atoms. The topological polar surface area (TPSA) is 415 Å². The van der Waals surface area contributed by atoms with Crippen LogP contribution in [0.4, 0.5) is 0 Å². The van der Waals surface area contributed by atoms with E-state index in [0.717, 1.165) is 0 Å². The molecule has 75 heavy (non-hydrogen) atoms. The number of phenolic OH excluding ortho intramolecular Hbond substituents is 1. The number of hydrogen-bond acceptors (Lipinski definition) is 13. The number of carboxylic acid groups (broad SMARTS) is 1. The number of aliphatic imine (C=N–C) groups is 1. The molecule has 1 aliphatic rings. The Morgan fingerprint density at radius 2 is 1.36 bits per heavy atom. The minimum Gasteiger partial charge on any atom is -0.507 e. The van der Waals surface area contributed by atoms with Crippen LogP contribution in [0.15, 0.2) is 66.0 Å². The molecule has 408 valence electrons. The maximum atomic E-state index is 14.5. The minimum atomic E-state index is -1.42. The van der Waals surface area contributed by atoms with E-state index in [9.17, 15) is 53.4 Å². The lowest BCUT2D eigenvalue weighted by Gasteiger charge is -2.31. The lowest BCUT2D eigenvalue weighted by atomic mass is 9.98. The highest BCUT2D eigenvalue weighted by Crippen LogP contribution is 2.23. The highest BCUT2D eigenvalue weighted by atomic mass is 127. The molecule has 25 nitrogen and oxygen atoms in total. The van der Waals surface area contributed by atoms with Crippen LogP contribution in [0.25, 0.3) is 0 Å². The normalized spacial score (nSPS) is 16.0. The van der Waals surface area contributed by atoms with E-state index in [1.54, 1.807) is 70.2 Å². The standard InChI is InChI=1S/C49H69IN14O11/c1-25(2)39(62-42(68)32(12-8-16-56-49(53)54)58-41(67)31(51)22-38(52)66)45(71)59-33(20-28-14-15-37(65)30(50)18-28)43(69)63-40(26(3)4)46(72)60-34(21-29-23-55-24-57-29)47(73)64-17-9-13-36(64)44(70)61-35(48(74)75)19-27-10-6-5-7-11-27/h5-7,10-11,14-15,18,23-26,31-36,39-40,65H,8-9,12-13,16-17,19-22,51H2,1-4H3,(H2,52,66)(H,55,57)(H,58,67)(H,59,71)(H,60,72)(H,61,70)(H,62,68)(H,63,69)(H,74,75)(H4,53,54,56)/t31-,32-,33-,34-,35-,36-,39-,40-/m0/s1. The summed E-state index contributed by atoms with van der Waals surface area (Å²) in [6.07, 6.45) is 2.85. The number of rotatable bonds is 28. The van der Waals surface area contributed by atoms with Crippen molar-refractivity contribution in [2.45, 2.75) is 127 Å². The summed E-state index contributed by atoms with van der Waals surface area (Å²) in [5.41, 5.74) is 23.6. The molecule has 8 atom stereocenters. The summed E-state index contributed by atoms with van der Waals surface area (Å²) in [6, 6.07) is 2.88. The number of carbonyl (C=O) groups excluding carboxylic acids is 8. The molecular weight excluding hydrogens is 1090 g/mol. The summed E-state index contributed by atoms with van der Waals surface area (Å²) in [5, 5.41) is 36.2. The zero-order chi connectivity index (χ0) is 55.5. The van der Waals surface area contributed by atoms with Crippen LogP contribution in [0.3, 0.4) is 0 Å². The number of nitrogens with zero attached hydrogens (tertiary/aromatic N) is 3. The highest BCUT2D eigenvalue weighted by Gasteiger charge is 2.41. The second-order valence-electron chi connectivity index (χ2n) is 18.9. The van der Waals surface area contributed by atoms with Crippen molar-refractivity contribution in [2.24, 2.45) is 39.8 Å². The number of guanidine groups is 1. The average Bonchev–Trinajstić information content (AvgIpc) is 4.06. The van der Waals surface area contributed by atoms with E-state index in [0.29, 0.717) is 26.8 Å². The minimum absolute atomic E-state index is 0.000245. The maximum Gasteiger partial charge on any atom is 0.326 e. The molecule has 0 aliphatic carbocycles. The van der Waals surface area contributed by atoms with E-state index in [-0.39, 0.29) is 63.3 Å². The van der Waals surface area contributed by atoms with E-state index in [2.05, 4.69) is 46.9 Å². The highest BCUT2D eigenvalue weighted by molar-refractivity contribution is 14.1. The van der Waals surface area contributed by atoms with Gasteiger partial charge in [0.1, 0.15) is 48.0 Å². The number of primary amides is 1. The Morgan fingerprint density at radius 1 is 0.760 bits per heavy atom. The number of aromatic nitrogens is 2. The fraction of sp³-hybridized carbons (Fsp3) is 0.490. The molecule has 3 aromatic rings. The second kappa shape index (κ2) is 28.9. The third kappa shape index (κ3) is 18.8. The largest absolute Gasteiger partial charge is 0.507 e. The van der Waals surface area contributed by atoms with Crippen molar-refractivity contribution in [1.82, 2.24) is 46.8 Å². The number of hydrogen-bond donors (Lipinski definition) is 13. The smallest absolute Gasteiger partial charge is 0.326 e. The zero-order valence-corrected chi connectivity index (χ0v) is 44.4. The van der Waals surface area contributed by atoms with E-state index in [4.69, 9.17) is 22.9 Å². The van der Waals surface area contributed by atoms with E-state index >= 15 is 0 Å². The van der Waals surface area contributed by atoms with Gasteiger partial charge >= 0.3 is 5.97 Å². The van der Waals surface area contributed by atoms with Gasteiger partial charge < -0.3 is 74.9 Å². The van der Waals surface area contributed by atoms with E-state index < -0.39 is 120 Å². The molecule has 4 rings (SSSR count). The third-order valence-corrected chi connectivity index (χ3v) is 13.1. The van der Waals surface area contributed by atoms with Crippen LogP contribution < -0.4 is 54.8 Å². The van der Waals surface area contributed by atoms with Gasteiger partial charge in [0, 0.05) is 44.2 Å². The molecular formula is C49H69IN14O11. The second-order valence-corrected chi connectivity index (χ2v) is 20.1. The SMILES string of the molecule is CC(C)[C@H](NC(=O)[C@H](CCCN=C(N)N)NC(=O)[C@@H](N)CC(N)=O)C(=O)N[C@@H](Cc1ccc(O)c(I)c1)C(=O)N[C@H](C(=O)N[C@@H](Cc1cnc[nH]1)C(=O)N1CCC[C@H]1C(=O)N[C@@H](Cc1ccccc1)C(=O)O)C(C)C. The molecule has 2 heterocycles. The van der Waals surface area contributed by atoms with Crippen LogP contribution in [-0.2, 0) is 62.4 Å². The van der Waals surface area contributed by atoms with Crippen molar-refractivity contribution >= 4 is 81.8 Å². The van der Waals surface area contributed by atoms with E-state index in [1.807, 2.05) is 22.6 Å². The first kappa shape index (κ1) is 60.2. The van der Waals surface area contributed by atoms with Crippen molar-refractivity contribution in [3.63, 3.8) is 0 Å². The molecule has 1 saturated heterocycles. The van der Waals surface area contributed by atoms with Gasteiger partial charge in [0.05, 0.1) is 22.4 Å². The van der Waals surface area contributed by atoms with Gasteiger partial charge in [0.25, 0.3) is 0 Å². The predicted molar refractivity (Wildman–Crippen MR) is 282 cm³/mol. The van der Waals surface area contributed by atoms with Crippen molar-refractivity contribution in [2.75, 3.05) is 13.1 Å². The van der Waals surface area contributed by atoms with Crippen LogP contribution in [-0.4, -0.2) is 146 Å². The summed E-state index contributed by atoms with van der Waals surface area (Å²) in [6.45, 7) is 6.77. The number of imidazole rings is 1. The molecule has 8 amide bonds. The number of nitrogens with two attached hydrogens (primary N) is 4. The van der Waals surface area contributed by atoms with Gasteiger partial charge in [-0.2, -0.15) is 0 Å². The molecule has 1 fully saturated rings. The molecule has 1 aromatic heterocycles. The number of nitrogens with one attached hydrogen (secondary N) is 7. The number of aromatic hydroxyl groups is 1. The van der Waals surface area contributed by atoms with Crippen molar-refractivity contribution in [3.05, 3.63) is 81.4 Å². The van der Waals surface area contributed by atoms with Crippen LogP contribution >= 0.6 is 22.6 Å². The molecule has 0 unspecified atom stereocenters. The Kier molecular flexibility index (Phi) is 23.2. The maximum absolute atomic E-state index is 14.5. The summed E-state index contributed by atoms with van der Waals surface area (Å²) in [4.78, 5) is 134. The Balaban J connectivity index is 1.59. The number of carbonyl (C=O) groups is 9. The van der Waals surface area contributed by atoms with Crippen LogP contribution in [0.1, 0.15) is 76.6 Å². The Morgan fingerprint density at radius 3 is 1.92 bits per heavy atom. The van der Waals surface area contributed by atoms with Crippen molar-refractivity contribution in [3.8, 4) is 5.75 Å². The number of H-pyrrole nitrogens is 1. The first-order chi connectivity index (χ1) is 35.4. The van der Waals surface area contributed by atoms with Gasteiger partial charge in [-0.3, -0.25) is 43.3 Å². The number of halogens is 1.